The van der Waals surface area contributed by atoms with Gasteiger partial charge in [0.2, 0.25) is 5.91 Å². The number of carbonyl (C=O) groups excluding carboxylic acids is 2. The lowest BCUT2D eigenvalue weighted by atomic mass is 10.1. The van der Waals surface area contributed by atoms with E-state index in [0.29, 0.717) is 17.4 Å². The van der Waals surface area contributed by atoms with E-state index < -0.39 is 5.91 Å². The maximum absolute atomic E-state index is 11.3. The van der Waals surface area contributed by atoms with Crippen LogP contribution in [0.3, 0.4) is 0 Å². The molecular formula is C10H11BrN2O3. The van der Waals surface area contributed by atoms with Crippen molar-refractivity contribution in [3.05, 3.63) is 23.8 Å². The first-order valence-electron chi connectivity index (χ1n) is 4.53. The predicted molar refractivity (Wildman–Crippen MR) is 63.7 cm³/mol. The number of nitrogens with one attached hydrogen (secondary N) is 1. The number of nitrogens with two attached hydrogens (primary N) is 1. The van der Waals surface area contributed by atoms with Gasteiger partial charge in [0.1, 0.15) is 5.75 Å². The minimum absolute atomic E-state index is 0.0170. The van der Waals surface area contributed by atoms with Crippen molar-refractivity contribution in [3.8, 4) is 5.75 Å². The minimum atomic E-state index is -0.742. The highest BCUT2D eigenvalue weighted by Gasteiger charge is 2.09. The van der Waals surface area contributed by atoms with E-state index in [2.05, 4.69) is 21.2 Å². The van der Waals surface area contributed by atoms with Crippen LogP contribution in [0.25, 0.3) is 0 Å². The number of benzene rings is 1. The van der Waals surface area contributed by atoms with E-state index in [0.717, 1.165) is 0 Å². The molecule has 16 heavy (non-hydrogen) atoms. The van der Waals surface area contributed by atoms with Crippen molar-refractivity contribution < 1.29 is 14.7 Å². The molecule has 5 nitrogen and oxygen atoms in total. The topological polar surface area (TPSA) is 92.4 Å². The Morgan fingerprint density at radius 3 is 2.69 bits per heavy atom. The summed E-state index contributed by atoms with van der Waals surface area (Å²) in [6, 6.07) is 4.14. The number of anilines is 1. The number of amides is 2. The van der Waals surface area contributed by atoms with Gasteiger partial charge in [-0.2, -0.15) is 0 Å². The highest BCUT2D eigenvalue weighted by atomic mass is 79.9. The Labute approximate surface area is 101 Å². The van der Waals surface area contributed by atoms with Gasteiger partial charge in [-0.3, -0.25) is 9.59 Å². The molecule has 0 radical (unpaired) electrons. The maximum atomic E-state index is 11.3. The third-order valence-electron chi connectivity index (χ3n) is 1.87. The van der Waals surface area contributed by atoms with Gasteiger partial charge < -0.3 is 16.2 Å². The quantitative estimate of drug-likeness (QED) is 0.574. The van der Waals surface area contributed by atoms with Crippen LogP contribution in [0.15, 0.2) is 18.2 Å². The van der Waals surface area contributed by atoms with Crippen LogP contribution in [0.1, 0.15) is 16.8 Å². The summed E-state index contributed by atoms with van der Waals surface area (Å²) < 4.78 is 0. The van der Waals surface area contributed by atoms with Gasteiger partial charge in [0.05, 0.1) is 5.56 Å². The molecular weight excluding hydrogens is 276 g/mol. The molecule has 0 atom stereocenters. The maximum Gasteiger partial charge on any atom is 0.252 e. The van der Waals surface area contributed by atoms with Crippen LogP contribution in [0.2, 0.25) is 0 Å². The molecule has 0 saturated carbocycles. The van der Waals surface area contributed by atoms with Gasteiger partial charge in [0.15, 0.2) is 0 Å². The number of aromatic hydroxyl groups is 1. The lowest BCUT2D eigenvalue weighted by Crippen LogP contribution is -2.14. The fraction of sp³-hybridized carbons (Fsp3) is 0.200. The normalized spacial score (nSPS) is 9.81. The van der Waals surface area contributed by atoms with Crippen molar-refractivity contribution in [1.82, 2.24) is 0 Å². The van der Waals surface area contributed by atoms with Crippen LogP contribution in [0.5, 0.6) is 5.75 Å². The molecule has 1 aromatic carbocycles. The number of rotatable bonds is 4. The second-order valence-corrected chi connectivity index (χ2v) is 3.88. The van der Waals surface area contributed by atoms with Gasteiger partial charge in [0.25, 0.3) is 5.91 Å². The number of primary amides is 1. The van der Waals surface area contributed by atoms with Crippen LogP contribution in [-0.4, -0.2) is 22.3 Å². The zero-order valence-electron chi connectivity index (χ0n) is 8.37. The number of hydrogen-bond donors (Lipinski definition) is 3. The summed E-state index contributed by atoms with van der Waals surface area (Å²) in [6.07, 6.45) is 0.326. The zero-order valence-corrected chi connectivity index (χ0v) is 9.95. The number of phenols is 1. The van der Waals surface area contributed by atoms with Crippen LogP contribution in [0.4, 0.5) is 5.69 Å². The number of hydrogen-bond acceptors (Lipinski definition) is 3. The van der Waals surface area contributed by atoms with E-state index >= 15 is 0 Å². The summed E-state index contributed by atoms with van der Waals surface area (Å²) in [5.74, 6) is -1.13. The Morgan fingerprint density at radius 1 is 1.44 bits per heavy atom. The summed E-state index contributed by atoms with van der Waals surface area (Å²) >= 11 is 3.14. The van der Waals surface area contributed by atoms with Gasteiger partial charge >= 0.3 is 0 Å². The molecule has 2 amide bonds. The van der Waals surface area contributed by atoms with Crippen molar-refractivity contribution in [2.75, 3.05) is 10.6 Å². The van der Waals surface area contributed by atoms with Gasteiger partial charge in [0, 0.05) is 17.4 Å². The Bertz CT molecular complexity index is 421. The zero-order chi connectivity index (χ0) is 12.1. The molecule has 0 bridgehead atoms. The fourth-order valence-electron chi connectivity index (χ4n) is 1.12. The Hall–Kier alpha value is -1.56. The largest absolute Gasteiger partial charge is 0.507 e. The highest BCUT2D eigenvalue weighted by Crippen LogP contribution is 2.20. The van der Waals surface area contributed by atoms with Crippen molar-refractivity contribution >= 4 is 33.4 Å². The van der Waals surface area contributed by atoms with Crippen LogP contribution < -0.4 is 11.1 Å². The molecule has 0 aromatic heterocycles. The van der Waals surface area contributed by atoms with Gasteiger partial charge in [-0.1, -0.05) is 15.9 Å². The Balaban J connectivity index is 2.87. The molecule has 1 rings (SSSR count). The molecule has 1 aromatic rings. The summed E-state index contributed by atoms with van der Waals surface area (Å²) in [5, 5.41) is 12.5. The van der Waals surface area contributed by atoms with Crippen LogP contribution >= 0.6 is 15.9 Å². The van der Waals surface area contributed by atoms with Gasteiger partial charge in [-0.25, -0.2) is 0 Å². The Morgan fingerprint density at radius 2 is 2.12 bits per heavy atom. The van der Waals surface area contributed by atoms with E-state index in [1.807, 2.05) is 0 Å². The van der Waals surface area contributed by atoms with Gasteiger partial charge in [-0.05, 0) is 18.2 Å². The molecule has 0 heterocycles. The second-order valence-electron chi connectivity index (χ2n) is 3.08. The van der Waals surface area contributed by atoms with Gasteiger partial charge in [-0.15, -0.1) is 0 Å². The van der Waals surface area contributed by atoms with Crippen molar-refractivity contribution in [2.24, 2.45) is 5.73 Å². The molecule has 0 aliphatic rings. The summed E-state index contributed by atoms with van der Waals surface area (Å²) in [6.45, 7) is 0. The van der Waals surface area contributed by atoms with Crippen LogP contribution in [-0.2, 0) is 4.79 Å². The highest BCUT2D eigenvalue weighted by molar-refractivity contribution is 9.09. The number of carbonyl (C=O) groups is 2. The van der Waals surface area contributed by atoms with E-state index in [9.17, 15) is 14.7 Å². The first-order chi connectivity index (χ1) is 7.54. The molecule has 0 unspecified atom stereocenters. The van der Waals surface area contributed by atoms with Crippen molar-refractivity contribution in [1.29, 1.82) is 0 Å². The third-order valence-corrected chi connectivity index (χ3v) is 2.26. The average molecular weight is 287 g/mol. The number of halogens is 1. The molecule has 4 N–H and O–H groups in total. The fourth-order valence-corrected chi connectivity index (χ4v) is 1.48. The van der Waals surface area contributed by atoms with Crippen molar-refractivity contribution in [2.45, 2.75) is 6.42 Å². The SMILES string of the molecule is NC(=O)c1cc(NC(=O)CCBr)ccc1O. The molecule has 0 fully saturated rings. The number of alkyl halides is 1. The molecule has 6 heteroatoms. The van der Waals surface area contributed by atoms with Crippen LogP contribution in [0, 0.1) is 0 Å². The third kappa shape index (κ3) is 3.23. The minimum Gasteiger partial charge on any atom is -0.507 e. The predicted octanol–water partition coefficient (Wildman–Crippen LogP) is 1.21. The molecule has 0 aliphatic carbocycles. The van der Waals surface area contributed by atoms with E-state index in [4.69, 9.17) is 5.73 Å². The standard InChI is InChI=1S/C10H11BrN2O3/c11-4-3-9(15)13-6-1-2-8(14)7(5-6)10(12)16/h1-2,5,14H,3-4H2,(H2,12,16)(H,13,15). The molecule has 0 saturated heterocycles. The lowest BCUT2D eigenvalue weighted by Gasteiger charge is -2.06. The smallest absolute Gasteiger partial charge is 0.252 e. The van der Waals surface area contributed by atoms with E-state index in [1.165, 1.54) is 18.2 Å². The van der Waals surface area contributed by atoms with E-state index in [1.54, 1.807) is 0 Å². The second kappa shape index (κ2) is 5.50. The summed E-state index contributed by atoms with van der Waals surface area (Å²) in [5.41, 5.74) is 5.47. The summed E-state index contributed by atoms with van der Waals surface area (Å²) in [4.78, 5) is 22.2. The monoisotopic (exact) mass is 286 g/mol. The first-order valence-corrected chi connectivity index (χ1v) is 5.65. The molecule has 0 aliphatic heterocycles. The lowest BCUT2D eigenvalue weighted by molar-refractivity contribution is -0.115. The van der Waals surface area contributed by atoms with Crippen molar-refractivity contribution in [3.63, 3.8) is 0 Å². The summed E-state index contributed by atoms with van der Waals surface area (Å²) in [7, 11) is 0. The molecule has 0 spiro atoms. The first kappa shape index (κ1) is 12.5. The average Bonchev–Trinajstić information content (AvgIpc) is 2.21. The Kier molecular flexibility index (Phi) is 4.30. The molecule has 86 valence electrons. The van der Waals surface area contributed by atoms with E-state index in [-0.39, 0.29) is 17.2 Å².